The lowest BCUT2D eigenvalue weighted by molar-refractivity contribution is 0.404. The van der Waals surface area contributed by atoms with Crippen molar-refractivity contribution in [3.8, 4) is 0 Å². The SMILES string of the molecule is CCC(N)(Cc1ccccc1)Cc1ccc(Cl)c(Cl)c1. The predicted octanol–water partition coefficient (Wildman–Crippen LogP) is 4.89. The highest BCUT2D eigenvalue weighted by molar-refractivity contribution is 6.42. The van der Waals surface area contributed by atoms with Crippen LogP contribution in [0.2, 0.25) is 10.0 Å². The third-order valence-electron chi connectivity index (χ3n) is 3.64. The lowest BCUT2D eigenvalue weighted by Gasteiger charge is -2.29. The van der Waals surface area contributed by atoms with Gasteiger partial charge in [0.05, 0.1) is 10.0 Å². The molecule has 0 aliphatic rings. The average molecular weight is 308 g/mol. The predicted molar refractivity (Wildman–Crippen MR) is 87.5 cm³/mol. The van der Waals surface area contributed by atoms with Crippen LogP contribution < -0.4 is 5.73 Å². The van der Waals surface area contributed by atoms with Crippen LogP contribution in [-0.4, -0.2) is 5.54 Å². The van der Waals surface area contributed by atoms with Crippen LogP contribution >= 0.6 is 23.2 Å². The van der Waals surface area contributed by atoms with Gasteiger partial charge in [0.1, 0.15) is 0 Å². The van der Waals surface area contributed by atoms with Crippen molar-refractivity contribution in [3.05, 3.63) is 69.7 Å². The zero-order valence-corrected chi connectivity index (χ0v) is 13.1. The molecular formula is C17H19Cl2N. The average Bonchev–Trinajstić information content (AvgIpc) is 2.44. The van der Waals surface area contributed by atoms with E-state index in [2.05, 4.69) is 19.1 Å². The molecular weight excluding hydrogens is 289 g/mol. The van der Waals surface area contributed by atoms with E-state index in [0.717, 1.165) is 24.8 Å². The molecule has 2 N–H and O–H groups in total. The molecule has 0 saturated heterocycles. The Labute approximate surface area is 130 Å². The van der Waals surface area contributed by atoms with Gasteiger partial charge in [-0.1, -0.05) is 66.5 Å². The van der Waals surface area contributed by atoms with Crippen molar-refractivity contribution in [2.75, 3.05) is 0 Å². The molecule has 3 heteroatoms. The minimum atomic E-state index is -0.265. The van der Waals surface area contributed by atoms with Gasteiger partial charge in [-0.25, -0.2) is 0 Å². The molecule has 0 fully saturated rings. The van der Waals surface area contributed by atoms with Crippen LogP contribution in [0.15, 0.2) is 48.5 Å². The van der Waals surface area contributed by atoms with Crippen molar-refractivity contribution in [3.63, 3.8) is 0 Å². The first-order chi connectivity index (χ1) is 9.52. The summed E-state index contributed by atoms with van der Waals surface area (Å²) in [6.45, 7) is 2.13. The van der Waals surface area contributed by atoms with E-state index in [9.17, 15) is 0 Å². The third-order valence-corrected chi connectivity index (χ3v) is 4.38. The number of halogens is 2. The van der Waals surface area contributed by atoms with Gasteiger partial charge >= 0.3 is 0 Å². The highest BCUT2D eigenvalue weighted by Gasteiger charge is 2.24. The second-order valence-corrected chi connectivity index (χ2v) is 6.12. The second kappa shape index (κ2) is 6.62. The number of hydrogen-bond donors (Lipinski definition) is 1. The Morgan fingerprint density at radius 1 is 0.900 bits per heavy atom. The first-order valence-corrected chi connectivity index (χ1v) is 7.55. The summed E-state index contributed by atoms with van der Waals surface area (Å²) >= 11 is 12.0. The summed E-state index contributed by atoms with van der Waals surface area (Å²) in [5, 5.41) is 1.17. The van der Waals surface area contributed by atoms with E-state index in [1.807, 2.05) is 36.4 Å². The molecule has 20 heavy (non-hydrogen) atoms. The summed E-state index contributed by atoms with van der Waals surface area (Å²) < 4.78 is 0. The Morgan fingerprint density at radius 3 is 2.15 bits per heavy atom. The van der Waals surface area contributed by atoms with E-state index >= 15 is 0 Å². The Balaban J connectivity index is 2.16. The molecule has 0 heterocycles. The topological polar surface area (TPSA) is 26.0 Å². The van der Waals surface area contributed by atoms with Crippen molar-refractivity contribution < 1.29 is 0 Å². The molecule has 2 aromatic rings. The molecule has 0 saturated carbocycles. The third kappa shape index (κ3) is 3.99. The molecule has 0 radical (unpaired) electrons. The molecule has 1 unspecified atom stereocenters. The van der Waals surface area contributed by atoms with Crippen molar-refractivity contribution in [2.45, 2.75) is 31.7 Å². The number of rotatable bonds is 5. The quantitative estimate of drug-likeness (QED) is 0.836. The first kappa shape index (κ1) is 15.4. The van der Waals surface area contributed by atoms with E-state index in [1.165, 1.54) is 5.56 Å². The zero-order valence-electron chi connectivity index (χ0n) is 11.6. The van der Waals surface area contributed by atoms with Gasteiger partial charge in [0.15, 0.2) is 0 Å². The molecule has 0 aliphatic heterocycles. The first-order valence-electron chi connectivity index (χ1n) is 6.79. The van der Waals surface area contributed by atoms with Crippen molar-refractivity contribution in [2.24, 2.45) is 5.73 Å². The van der Waals surface area contributed by atoms with Crippen LogP contribution in [0.4, 0.5) is 0 Å². The minimum absolute atomic E-state index is 0.265. The van der Waals surface area contributed by atoms with Gasteiger partial charge in [-0.2, -0.15) is 0 Å². The molecule has 0 amide bonds. The van der Waals surface area contributed by atoms with Crippen LogP contribution in [0.5, 0.6) is 0 Å². The van der Waals surface area contributed by atoms with Gasteiger partial charge in [0, 0.05) is 5.54 Å². The van der Waals surface area contributed by atoms with Gasteiger partial charge in [0.25, 0.3) is 0 Å². The van der Waals surface area contributed by atoms with E-state index in [4.69, 9.17) is 28.9 Å². The van der Waals surface area contributed by atoms with Crippen LogP contribution in [0, 0.1) is 0 Å². The Hall–Kier alpha value is -1.02. The summed E-state index contributed by atoms with van der Waals surface area (Å²) in [5.74, 6) is 0. The summed E-state index contributed by atoms with van der Waals surface area (Å²) in [5.41, 5.74) is 8.69. The van der Waals surface area contributed by atoms with Crippen LogP contribution in [0.3, 0.4) is 0 Å². The Bertz CT molecular complexity index is 568. The Kier molecular flexibility index (Phi) is 5.09. The highest BCUT2D eigenvalue weighted by atomic mass is 35.5. The molecule has 2 rings (SSSR count). The van der Waals surface area contributed by atoms with Crippen molar-refractivity contribution in [1.82, 2.24) is 0 Å². The minimum Gasteiger partial charge on any atom is -0.325 e. The molecule has 0 spiro atoms. The van der Waals surface area contributed by atoms with E-state index in [0.29, 0.717) is 10.0 Å². The molecule has 2 aromatic carbocycles. The van der Waals surface area contributed by atoms with Crippen molar-refractivity contribution in [1.29, 1.82) is 0 Å². The number of nitrogens with two attached hydrogens (primary N) is 1. The fraction of sp³-hybridized carbons (Fsp3) is 0.294. The zero-order chi connectivity index (χ0) is 14.6. The van der Waals surface area contributed by atoms with E-state index in [-0.39, 0.29) is 5.54 Å². The summed E-state index contributed by atoms with van der Waals surface area (Å²) in [4.78, 5) is 0. The molecule has 1 nitrogen and oxygen atoms in total. The van der Waals surface area contributed by atoms with E-state index < -0.39 is 0 Å². The fourth-order valence-corrected chi connectivity index (χ4v) is 2.69. The summed E-state index contributed by atoms with van der Waals surface area (Å²) in [6, 6.07) is 16.1. The van der Waals surface area contributed by atoms with Crippen LogP contribution in [0.1, 0.15) is 24.5 Å². The summed E-state index contributed by atoms with van der Waals surface area (Å²) in [7, 11) is 0. The Morgan fingerprint density at radius 2 is 1.55 bits per heavy atom. The van der Waals surface area contributed by atoms with Gasteiger partial charge in [-0.15, -0.1) is 0 Å². The normalized spacial score (nSPS) is 14.0. The lowest BCUT2D eigenvalue weighted by atomic mass is 9.83. The maximum absolute atomic E-state index is 6.57. The second-order valence-electron chi connectivity index (χ2n) is 5.30. The molecule has 0 aromatic heterocycles. The maximum atomic E-state index is 6.57. The van der Waals surface area contributed by atoms with Gasteiger partial charge in [-0.3, -0.25) is 0 Å². The number of benzene rings is 2. The van der Waals surface area contributed by atoms with Gasteiger partial charge in [-0.05, 0) is 42.5 Å². The lowest BCUT2D eigenvalue weighted by Crippen LogP contribution is -2.43. The largest absolute Gasteiger partial charge is 0.325 e. The molecule has 1 atom stereocenters. The molecule has 106 valence electrons. The van der Waals surface area contributed by atoms with Gasteiger partial charge in [0.2, 0.25) is 0 Å². The van der Waals surface area contributed by atoms with Crippen LogP contribution in [0.25, 0.3) is 0 Å². The maximum Gasteiger partial charge on any atom is 0.0595 e. The smallest absolute Gasteiger partial charge is 0.0595 e. The number of hydrogen-bond acceptors (Lipinski definition) is 1. The fourth-order valence-electron chi connectivity index (χ4n) is 2.37. The summed E-state index contributed by atoms with van der Waals surface area (Å²) in [6.07, 6.45) is 2.54. The van der Waals surface area contributed by atoms with Crippen LogP contribution in [-0.2, 0) is 12.8 Å². The monoisotopic (exact) mass is 307 g/mol. The molecule has 0 aliphatic carbocycles. The standard InChI is InChI=1S/C17H19Cl2N/c1-2-17(20,11-13-6-4-3-5-7-13)12-14-8-9-15(18)16(19)10-14/h3-10H,2,11-12,20H2,1H3. The van der Waals surface area contributed by atoms with Crippen molar-refractivity contribution >= 4 is 23.2 Å². The molecule has 0 bridgehead atoms. The highest BCUT2D eigenvalue weighted by Crippen LogP contribution is 2.26. The van der Waals surface area contributed by atoms with E-state index in [1.54, 1.807) is 0 Å². The van der Waals surface area contributed by atoms with Gasteiger partial charge < -0.3 is 5.73 Å².